The fourth-order valence-corrected chi connectivity index (χ4v) is 5.23. The molecule has 7 nitrogen and oxygen atoms in total. The predicted octanol–water partition coefficient (Wildman–Crippen LogP) is 2.72. The summed E-state index contributed by atoms with van der Waals surface area (Å²) in [6.07, 6.45) is 3.21. The molecule has 0 atom stereocenters. The van der Waals surface area contributed by atoms with E-state index in [0.717, 1.165) is 5.56 Å². The number of piperazine rings is 1. The molecule has 1 amide bonds. The number of rotatable bonds is 4. The van der Waals surface area contributed by atoms with Crippen molar-refractivity contribution in [2.45, 2.75) is 4.90 Å². The van der Waals surface area contributed by atoms with Crippen molar-refractivity contribution in [3.63, 3.8) is 0 Å². The molecule has 0 aromatic heterocycles. The van der Waals surface area contributed by atoms with Crippen molar-refractivity contribution >= 4 is 37.9 Å². The summed E-state index contributed by atoms with van der Waals surface area (Å²) in [5, 5.41) is 0. The Morgan fingerprint density at radius 3 is 2.52 bits per heavy atom. The number of carbonyl (C=O) groups excluding carboxylic acids is 1. The van der Waals surface area contributed by atoms with Crippen LogP contribution in [-0.2, 0) is 14.8 Å². The zero-order valence-corrected chi connectivity index (χ0v) is 17.9. The number of hydrogen-bond donors (Lipinski definition) is 0. The van der Waals surface area contributed by atoms with E-state index in [1.54, 1.807) is 41.3 Å². The molecule has 29 heavy (non-hydrogen) atoms. The third-order valence-corrected chi connectivity index (χ3v) is 7.19. The van der Waals surface area contributed by atoms with Gasteiger partial charge in [-0.2, -0.15) is 4.31 Å². The van der Waals surface area contributed by atoms with Crippen LogP contribution in [0.3, 0.4) is 0 Å². The Morgan fingerprint density at radius 1 is 1.00 bits per heavy atom. The first-order chi connectivity index (χ1) is 13.9. The summed E-state index contributed by atoms with van der Waals surface area (Å²) in [4.78, 5) is 14.4. The average Bonchev–Trinajstić information content (AvgIpc) is 3.20. The van der Waals surface area contributed by atoms with Gasteiger partial charge in [-0.05, 0) is 42.0 Å². The molecule has 2 aliphatic rings. The maximum Gasteiger partial charge on any atom is 0.246 e. The lowest BCUT2D eigenvalue weighted by atomic mass is 10.2. The second kappa shape index (κ2) is 8.17. The van der Waals surface area contributed by atoms with E-state index in [0.29, 0.717) is 29.1 Å². The second-order valence-electron chi connectivity index (χ2n) is 6.63. The largest absolute Gasteiger partial charge is 0.454 e. The Labute approximate surface area is 177 Å². The summed E-state index contributed by atoms with van der Waals surface area (Å²) < 4.78 is 38.3. The lowest BCUT2D eigenvalue weighted by Crippen LogP contribution is -2.50. The van der Waals surface area contributed by atoms with Gasteiger partial charge in [0.25, 0.3) is 0 Å². The van der Waals surface area contributed by atoms with Crippen LogP contribution >= 0.6 is 15.9 Å². The molecule has 4 rings (SSSR count). The van der Waals surface area contributed by atoms with Crippen LogP contribution in [0.5, 0.6) is 11.5 Å². The van der Waals surface area contributed by atoms with Crippen LogP contribution in [0.15, 0.2) is 57.9 Å². The molecule has 2 heterocycles. The van der Waals surface area contributed by atoms with Crippen molar-refractivity contribution in [1.82, 2.24) is 9.21 Å². The van der Waals surface area contributed by atoms with Crippen molar-refractivity contribution in [2.75, 3.05) is 33.0 Å². The van der Waals surface area contributed by atoms with Crippen LogP contribution in [0.4, 0.5) is 0 Å². The number of sulfonamides is 1. The van der Waals surface area contributed by atoms with Crippen molar-refractivity contribution in [3.8, 4) is 11.5 Å². The van der Waals surface area contributed by atoms with Gasteiger partial charge >= 0.3 is 0 Å². The maximum absolute atomic E-state index is 12.8. The number of nitrogens with zero attached hydrogens (tertiary/aromatic N) is 2. The van der Waals surface area contributed by atoms with Gasteiger partial charge in [-0.1, -0.05) is 28.1 Å². The summed E-state index contributed by atoms with van der Waals surface area (Å²) in [5.41, 5.74) is 0.832. The number of benzene rings is 2. The fourth-order valence-electron chi connectivity index (χ4n) is 3.22. The Kier molecular flexibility index (Phi) is 5.62. The van der Waals surface area contributed by atoms with Crippen LogP contribution in [0.1, 0.15) is 5.56 Å². The zero-order valence-electron chi connectivity index (χ0n) is 15.5. The van der Waals surface area contributed by atoms with E-state index in [1.807, 2.05) is 12.1 Å². The zero-order chi connectivity index (χ0) is 20.4. The van der Waals surface area contributed by atoms with Crippen molar-refractivity contribution in [1.29, 1.82) is 0 Å². The van der Waals surface area contributed by atoms with Crippen molar-refractivity contribution in [3.05, 3.63) is 58.6 Å². The van der Waals surface area contributed by atoms with Gasteiger partial charge in [0.05, 0.1) is 4.90 Å². The number of ether oxygens (including phenoxy) is 2. The third-order valence-electron chi connectivity index (χ3n) is 4.80. The molecule has 2 aromatic rings. The molecule has 1 fully saturated rings. The molecule has 0 unspecified atom stereocenters. The van der Waals surface area contributed by atoms with Crippen LogP contribution in [-0.4, -0.2) is 56.5 Å². The molecule has 9 heteroatoms. The van der Waals surface area contributed by atoms with Crippen molar-refractivity contribution in [2.24, 2.45) is 0 Å². The van der Waals surface area contributed by atoms with Crippen molar-refractivity contribution < 1.29 is 22.7 Å². The Morgan fingerprint density at radius 2 is 1.76 bits per heavy atom. The first kappa shape index (κ1) is 19.9. The second-order valence-corrected chi connectivity index (χ2v) is 9.49. The SMILES string of the molecule is O=C(/C=C/c1ccc2c(c1)OCO2)N1CCN(S(=O)(=O)c2cccc(Br)c2)CC1. The molecule has 0 aliphatic carbocycles. The topological polar surface area (TPSA) is 76.2 Å². The van der Waals surface area contributed by atoms with Gasteiger partial charge in [0.15, 0.2) is 11.5 Å². The standard InChI is InChI=1S/C20H19BrN2O5S/c21-16-2-1-3-17(13-16)29(25,26)23-10-8-22(9-11-23)20(24)7-5-15-4-6-18-19(12-15)28-14-27-18/h1-7,12-13H,8-11,14H2/b7-5+. The third kappa shape index (κ3) is 4.31. The maximum atomic E-state index is 12.8. The van der Waals surface area contributed by atoms with Crippen LogP contribution in [0.25, 0.3) is 6.08 Å². The highest BCUT2D eigenvalue weighted by Crippen LogP contribution is 2.32. The van der Waals surface area contributed by atoms with E-state index in [4.69, 9.17) is 9.47 Å². The lowest BCUT2D eigenvalue weighted by Gasteiger charge is -2.33. The monoisotopic (exact) mass is 478 g/mol. The summed E-state index contributed by atoms with van der Waals surface area (Å²) in [6, 6.07) is 12.1. The van der Waals surface area contributed by atoms with Gasteiger partial charge in [0.2, 0.25) is 22.7 Å². The smallest absolute Gasteiger partial charge is 0.246 e. The number of amides is 1. The minimum Gasteiger partial charge on any atom is -0.454 e. The molecule has 152 valence electrons. The molecule has 0 radical (unpaired) electrons. The molecule has 0 spiro atoms. The number of hydrogen-bond acceptors (Lipinski definition) is 5. The molecule has 0 N–H and O–H groups in total. The van der Waals surface area contributed by atoms with E-state index in [2.05, 4.69) is 15.9 Å². The highest BCUT2D eigenvalue weighted by Gasteiger charge is 2.29. The van der Waals surface area contributed by atoms with E-state index in [9.17, 15) is 13.2 Å². The van der Waals surface area contributed by atoms with Gasteiger partial charge < -0.3 is 14.4 Å². The van der Waals surface area contributed by atoms with E-state index >= 15 is 0 Å². The number of carbonyl (C=O) groups is 1. The molecular weight excluding hydrogens is 460 g/mol. The summed E-state index contributed by atoms with van der Waals surface area (Å²) in [5.74, 6) is 1.20. The van der Waals surface area contributed by atoms with Gasteiger partial charge in [-0.25, -0.2) is 8.42 Å². The van der Waals surface area contributed by atoms with Gasteiger partial charge in [-0.15, -0.1) is 0 Å². The van der Waals surface area contributed by atoms with E-state index in [1.165, 1.54) is 10.4 Å². The molecule has 0 bridgehead atoms. The predicted molar refractivity (Wildman–Crippen MR) is 111 cm³/mol. The quantitative estimate of drug-likeness (QED) is 0.631. The number of fused-ring (bicyclic) bond motifs is 1. The Bertz CT molecular complexity index is 1060. The normalized spacial score (nSPS) is 17.1. The molecule has 2 aromatic carbocycles. The molecule has 0 saturated carbocycles. The minimum atomic E-state index is -3.57. The molecule has 1 saturated heterocycles. The first-order valence-electron chi connectivity index (χ1n) is 9.06. The summed E-state index contributed by atoms with van der Waals surface area (Å²) in [7, 11) is -3.57. The minimum absolute atomic E-state index is 0.151. The lowest BCUT2D eigenvalue weighted by molar-refractivity contribution is -0.127. The van der Waals surface area contributed by atoms with Gasteiger partial charge in [0.1, 0.15) is 0 Å². The Balaban J connectivity index is 1.37. The highest BCUT2D eigenvalue weighted by atomic mass is 79.9. The first-order valence-corrected chi connectivity index (χ1v) is 11.3. The van der Waals surface area contributed by atoms with Crippen LogP contribution in [0.2, 0.25) is 0 Å². The van der Waals surface area contributed by atoms with E-state index in [-0.39, 0.29) is 30.7 Å². The van der Waals surface area contributed by atoms with Gasteiger partial charge in [-0.3, -0.25) is 4.79 Å². The van der Waals surface area contributed by atoms with E-state index < -0.39 is 10.0 Å². The molecule has 2 aliphatic heterocycles. The number of halogens is 1. The van der Waals surface area contributed by atoms with Gasteiger partial charge in [0, 0.05) is 36.7 Å². The Hall–Kier alpha value is -2.36. The fraction of sp³-hybridized carbons (Fsp3) is 0.250. The summed E-state index contributed by atoms with van der Waals surface area (Å²) >= 11 is 3.30. The summed E-state index contributed by atoms with van der Waals surface area (Å²) in [6.45, 7) is 1.42. The van der Waals surface area contributed by atoms with Crippen LogP contribution < -0.4 is 9.47 Å². The molecular formula is C20H19BrN2O5S. The highest BCUT2D eigenvalue weighted by molar-refractivity contribution is 9.10. The average molecular weight is 479 g/mol. The van der Waals surface area contributed by atoms with Crippen LogP contribution in [0, 0.1) is 0 Å².